The van der Waals surface area contributed by atoms with E-state index in [1.165, 1.54) is 0 Å². The van der Waals surface area contributed by atoms with Crippen molar-refractivity contribution >= 4 is 6.09 Å². The Hall–Kier alpha value is -2.80. The van der Waals surface area contributed by atoms with Gasteiger partial charge in [0.05, 0.1) is 18.8 Å². The van der Waals surface area contributed by atoms with Gasteiger partial charge in [-0.1, -0.05) is 51.0 Å². The van der Waals surface area contributed by atoms with Gasteiger partial charge in [0, 0.05) is 24.7 Å². The van der Waals surface area contributed by atoms with Crippen LogP contribution in [0.2, 0.25) is 0 Å². The van der Waals surface area contributed by atoms with Crippen LogP contribution in [0.25, 0.3) is 11.1 Å². The number of carbonyl (C=O) groups excluding carboxylic acids is 1. The number of amides is 1. The molecule has 7 heteroatoms. The Bertz CT molecular complexity index is 976. The zero-order chi connectivity index (χ0) is 26.2. The van der Waals surface area contributed by atoms with E-state index in [2.05, 4.69) is 18.8 Å². The van der Waals surface area contributed by atoms with E-state index < -0.39 is 11.2 Å². The van der Waals surface area contributed by atoms with Crippen molar-refractivity contribution in [2.75, 3.05) is 26.3 Å². The van der Waals surface area contributed by atoms with E-state index in [-0.39, 0.29) is 6.09 Å². The molecule has 0 bridgehead atoms. The summed E-state index contributed by atoms with van der Waals surface area (Å²) in [6.45, 7) is 12.0. The normalized spacial score (nSPS) is 15.4. The predicted molar refractivity (Wildman–Crippen MR) is 141 cm³/mol. The fourth-order valence-corrected chi connectivity index (χ4v) is 4.10. The zero-order valence-corrected chi connectivity index (χ0v) is 22.5. The van der Waals surface area contributed by atoms with E-state index in [9.17, 15) is 9.90 Å². The monoisotopic (exact) mass is 498 g/mol. The van der Waals surface area contributed by atoms with Crippen molar-refractivity contribution in [2.45, 2.75) is 84.3 Å². The Kier molecular flexibility index (Phi) is 9.60. The van der Waals surface area contributed by atoms with Gasteiger partial charge in [0.1, 0.15) is 5.60 Å². The number of hydrogen-bond acceptors (Lipinski definition) is 6. The summed E-state index contributed by atoms with van der Waals surface area (Å²) in [5.74, 6) is 1.14. The molecule has 0 radical (unpaired) electrons. The Morgan fingerprint density at radius 2 is 1.58 bits per heavy atom. The maximum Gasteiger partial charge on any atom is 0.410 e. The van der Waals surface area contributed by atoms with Crippen molar-refractivity contribution in [3.63, 3.8) is 0 Å². The molecule has 1 aliphatic heterocycles. The van der Waals surface area contributed by atoms with E-state index in [4.69, 9.17) is 14.2 Å². The third-order valence-electron chi connectivity index (χ3n) is 6.29. The molecule has 198 valence electrons. The van der Waals surface area contributed by atoms with E-state index in [0.29, 0.717) is 50.9 Å². The minimum absolute atomic E-state index is 0.329. The minimum Gasteiger partial charge on any atom is -0.478 e. The van der Waals surface area contributed by atoms with Gasteiger partial charge in [-0.25, -0.2) is 4.79 Å². The standard InChI is InChI=1S/C29H42N2O5/c1-6-8-20-34-25-15-14-24(26(30-25)35-21-9-7-2)22-10-12-23(13-11-22)29(33)16-18-31(19-17-29)27(32)36-28(3,4)5/h10-15,33H,6-9,16-21H2,1-5H3. The smallest absolute Gasteiger partial charge is 0.410 e. The molecule has 2 heterocycles. The van der Waals surface area contributed by atoms with Gasteiger partial charge in [-0.3, -0.25) is 0 Å². The molecule has 1 aromatic carbocycles. The highest BCUT2D eigenvalue weighted by molar-refractivity contribution is 5.70. The van der Waals surface area contributed by atoms with Crippen molar-refractivity contribution in [1.29, 1.82) is 0 Å². The summed E-state index contributed by atoms with van der Waals surface area (Å²) in [4.78, 5) is 18.7. The summed E-state index contributed by atoms with van der Waals surface area (Å²) in [6.07, 6.45) is 4.63. The number of aromatic nitrogens is 1. The van der Waals surface area contributed by atoms with Crippen molar-refractivity contribution in [1.82, 2.24) is 9.88 Å². The van der Waals surface area contributed by atoms with Crippen LogP contribution in [0, 0.1) is 0 Å². The van der Waals surface area contributed by atoms with Crippen LogP contribution in [-0.4, -0.2) is 53.0 Å². The van der Waals surface area contributed by atoms with Crippen LogP contribution in [0.3, 0.4) is 0 Å². The molecule has 0 spiro atoms. The van der Waals surface area contributed by atoms with Crippen LogP contribution in [0.4, 0.5) is 4.79 Å². The molecule has 0 saturated carbocycles. The second-order valence-electron chi connectivity index (χ2n) is 10.5. The summed E-state index contributed by atoms with van der Waals surface area (Å²) in [6, 6.07) is 11.8. The number of ether oxygens (including phenoxy) is 3. The fourth-order valence-electron chi connectivity index (χ4n) is 4.10. The molecular weight excluding hydrogens is 456 g/mol. The molecule has 0 unspecified atom stereocenters. The topological polar surface area (TPSA) is 81.1 Å². The Morgan fingerprint density at radius 1 is 0.972 bits per heavy atom. The first-order valence-corrected chi connectivity index (χ1v) is 13.2. The van der Waals surface area contributed by atoms with Crippen molar-refractivity contribution < 1.29 is 24.1 Å². The Morgan fingerprint density at radius 3 is 2.17 bits per heavy atom. The molecule has 36 heavy (non-hydrogen) atoms. The fraction of sp³-hybridized carbons (Fsp3) is 0.586. The zero-order valence-electron chi connectivity index (χ0n) is 22.5. The Labute approximate surface area is 215 Å². The number of piperidine rings is 1. The van der Waals surface area contributed by atoms with Gasteiger partial charge in [-0.15, -0.1) is 0 Å². The summed E-state index contributed by atoms with van der Waals surface area (Å²) < 4.78 is 17.3. The molecule has 3 rings (SSSR count). The van der Waals surface area contributed by atoms with Crippen molar-refractivity contribution in [3.8, 4) is 22.9 Å². The quantitative estimate of drug-likeness (QED) is 0.386. The first kappa shape index (κ1) is 27.8. The molecule has 7 nitrogen and oxygen atoms in total. The van der Waals surface area contributed by atoms with E-state index in [1.807, 2.05) is 57.2 Å². The van der Waals surface area contributed by atoms with Crippen LogP contribution >= 0.6 is 0 Å². The third kappa shape index (κ3) is 7.60. The number of rotatable bonds is 10. The van der Waals surface area contributed by atoms with Gasteiger partial charge in [0.15, 0.2) is 0 Å². The molecule has 2 aromatic rings. The number of carbonyl (C=O) groups is 1. The highest BCUT2D eigenvalue weighted by Crippen LogP contribution is 2.36. The van der Waals surface area contributed by atoms with Crippen LogP contribution < -0.4 is 9.47 Å². The molecular formula is C29H42N2O5. The SMILES string of the molecule is CCCCOc1ccc(-c2ccc(C3(O)CCN(C(=O)OC(C)(C)C)CC3)cc2)c(OCCCC)n1. The molecule has 1 saturated heterocycles. The van der Waals surface area contributed by atoms with Gasteiger partial charge < -0.3 is 24.2 Å². The average Bonchev–Trinajstić information content (AvgIpc) is 2.84. The molecule has 0 aliphatic carbocycles. The third-order valence-corrected chi connectivity index (χ3v) is 6.29. The lowest BCUT2D eigenvalue weighted by Crippen LogP contribution is -2.46. The number of pyridine rings is 1. The number of benzene rings is 1. The molecule has 1 N–H and O–H groups in total. The largest absolute Gasteiger partial charge is 0.478 e. The van der Waals surface area contributed by atoms with Gasteiger partial charge in [0.2, 0.25) is 11.8 Å². The molecule has 1 fully saturated rings. The van der Waals surface area contributed by atoms with Crippen LogP contribution in [0.1, 0.15) is 78.7 Å². The molecule has 1 amide bonds. The van der Waals surface area contributed by atoms with Gasteiger partial charge in [-0.2, -0.15) is 4.98 Å². The second kappa shape index (κ2) is 12.4. The lowest BCUT2D eigenvalue weighted by molar-refractivity contribution is -0.0356. The lowest BCUT2D eigenvalue weighted by Gasteiger charge is -2.39. The van der Waals surface area contributed by atoms with Crippen molar-refractivity contribution in [3.05, 3.63) is 42.0 Å². The number of aliphatic hydroxyl groups is 1. The van der Waals surface area contributed by atoms with Crippen molar-refractivity contribution in [2.24, 2.45) is 0 Å². The highest BCUT2D eigenvalue weighted by Gasteiger charge is 2.36. The minimum atomic E-state index is -0.979. The van der Waals surface area contributed by atoms with Gasteiger partial charge >= 0.3 is 6.09 Å². The van der Waals surface area contributed by atoms with Crippen LogP contribution in [0.15, 0.2) is 36.4 Å². The number of nitrogens with zero attached hydrogens (tertiary/aromatic N) is 2. The Balaban J connectivity index is 1.72. The summed E-state index contributed by atoms with van der Waals surface area (Å²) >= 11 is 0. The van der Waals surface area contributed by atoms with Crippen LogP contribution in [0.5, 0.6) is 11.8 Å². The summed E-state index contributed by atoms with van der Waals surface area (Å²) in [7, 11) is 0. The first-order chi connectivity index (χ1) is 17.1. The van der Waals surface area contributed by atoms with Gasteiger partial charge in [0.25, 0.3) is 0 Å². The molecule has 1 aliphatic rings. The van der Waals surface area contributed by atoms with Crippen LogP contribution in [-0.2, 0) is 10.3 Å². The number of unbranched alkanes of at least 4 members (excludes halogenated alkanes) is 2. The average molecular weight is 499 g/mol. The van der Waals surface area contributed by atoms with E-state index in [0.717, 1.165) is 42.4 Å². The number of likely N-dealkylation sites (tertiary alicyclic amines) is 1. The highest BCUT2D eigenvalue weighted by atomic mass is 16.6. The number of hydrogen-bond donors (Lipinski definition) is 1. The second-order valence-corrected chi connectivity index (χ2v) is 10.5. The van der Waals surface area contributed by atoms with E-state index >= 15 is 0 Å². The molecule has 0 atom stereocenters. The lowest BCUT2D eigenvalue weighted by atomic mass is 9.84. The predicted octanol–water partition coefficient (Wildman–Crippen LogP) is 6.32. The summed E-state index contributed by atoms with van der Waals surface area (Å²) in [5, 5.41) is 11.3. The summed E-state index contributed by atoms with van der Waals surface area (Å²) in [5.41, 5.74) is 1.19. The maximum atomic E-state index is 12.4. The van der Waals surface area contributed by atoms with E-state index in [1.54, 1.807) is 4.90 Å². The molecule has 1 aromatic heterocycles. The maximum absolute atomic E-state index is 12.4. The first-order valence-electron chi connectivity index (χ1n) is 13.2. The van der Waals surface area contributed by atoms with Gasteiger partial charge in [-0.05, 0) is 63.6 Å².